The maximum atomic E-state index is 12.3. The summed E-state index contributed by atoms with van der Waals surface area (Å²) in [5.41, 5.74) is 5.45. The number of piperazine rings is 1. The lowest BCUT2D eigenvalue weighted by atomic mass is 9.86. The summed E-state index contributed by atoms with van der Waals surface area (Å²) in [6, 6.07) is -1.75. The molecule has 1 heterocycles. The average Bonchev–Trinajstić information content (AvgIpc) is 2.28. The maximum absolute atomic E-state index is 12.3. The van der Waals surface area contributed by atoms with E-state index in [0.717, 1.165) is 0 Å². The molecule has 0 aromatic rings. The van der Waals surface area contributed by atoms with Gasteiger partial charge in [0.2, 0.25) is 11.8 Å². The summed E-state index contributed by atoms with van der Waals surface area (Å²) in [5, 5.41) is 11.4. The van der Waals surface area contributed by atoms with Crippen molar-refractivity contribution in [2.45, 2.75) is 39.3 Å². The predicted octanol–water partition coefficient (Wildman–Crippen LogP) is -0.838. The number of rotatable bonds is 3. The molecule has 0 aliphatic carbocycles. The number of aliphatic carboxylic acids is 1. The Kier molecular flexibility index (Phi) is 4.52. The standard InChI is InChI=1S/C12H21N3O4/c1-12(2,3)9(13)11(19)15-5-4-14-10(18)7(15)6-8(16)17/h7,9H,4-6,13H2,1-3H3,(H,14,18)(H,16,17)/t7?,9-/m1/s1. The number of carbonyl (C=O) groups excluding carboxylic acids is 2. The molecule has 108 valence electrons. The molecule has 1 aliphatic heterocycles. The van der Waals surface area contributed by atoms with Gasteiger partial charge < -0.3 is 21.1 Å². The summed E-state index contributed by atoms with van der Waals surface area (Å²) in [5.74, 6) is -1.94. The normalized spacial score (nSPS) is 21.8. The van der Waals surface area contributed by atoms with Gasteiger partial charge in [0.25, 0.3) is 0 Å². The zero-order chi connectivity index (χ0) is 14.8. The van der Waals surface area contributed by atoms with E-state index >= 15 is 0 Å². The number of nitrogens with two attached hydrogens (primary N) is 1. The number of nitrogens with zero attached hydrogens (tertiary/aromatic N) is 1. The van der Waals surface area contributed by atoms with Gasteiger partial charge in [-0.25, -0.2) is 0 Å². The highest BCUT2D eigenvalue weighted by molar-refractivity contribution is 5.93. The molecule has 1 saturated heterocycles. The molecule has 1 fully saturated rings. The SMILES string of the molecule is CC(C)(C)[C@H](N)C(=O)N1CCNC(=O)C1CC(=O)O. The number of nitrogens with one attached hydrogen (secondary N) is 1. The van der Waals surface area contributed by atoms with Gasteiger partial charge >= 0.3 is 5.97 Å². The van der Waals surface area contributed by atoms with Crippen LogP contribution in [-0.4, -0.2) is 53.0 Å². The predicted molar refractivity (Wildman–Crippen MR) is 68.2 cm³/mol. The topological polar surface area (TPSA) is 113 Å². The van der Waals surface area contributed by atoms with Crippen LogP contribution < -0.4 is 11.1 Å². The molecule has 0 aromatic heterocycles. The molecular formula is C12H21N3O4. The smallest absolute Gasteiger partial charge is 0.305 e. The van der Waals surface area contributed by atoms with Crippen molar-refractivity contribution in [3.05, 3.63) is 0 Å². The molecule has 2 amide bonds. The fraction of sp³-hybridized carbons (Fsp3) is 0.750. The second kappa shape index (κ2) is 5.56. The van der Waals surface area contributed by atoms with Crippen molar-refractivity contribution in [1.29, 1.82) is 0 Å². The highest BCUT2D eigenvalue weighted by atomic mass is 16.4. The van der Waals surface area contributed by atoms with Gasteiger partial charge in [-0.15, -0.1) is 0 Å². The third kappa shape index (κ3) is 3.66. The van der Waals surface area contributed by atoms with Gasteiger partial charge in [0.15, 0.2) is 0 Å². The van der Waals surface area contributed by atoms with Crippen molar-refractivity contribution in [3.8, 4) is 0 Å². The fourth-order valence-electron chi connectivity index (χ4n) is 1.90. The van der Waals surface area contributed by atoms with Crippen LogP contribution in [0.5, 0.6) is 0 Å². The van der Waals surface area contributed by atoms with Gasteiger partial charge in [-0.3, -0.25) is 14.4 Å². The monoisotopic (exact) mass is 271 g/mol. The number of carboxylic acids is 1. The minimum Gasteiger partial charge on any atom is -0.481 e. The number of hydrogen-bond donors (Lipinski definition) is 3. The van der Waals surface area contributed by atoms with Crippen molar-refractivity contribution in [3.63, 3.8) is 0 Å². The zero-order valence-electron chi connectivity index (χ0n) is 11.5. The van der Waals surface area contributed by atoms with Crippen LogP contribution in [0.2, 0.25) is 0 Å². The third-order valence-corrected chi connectivity index (χ3v) is 3.18. The van der Waals surface area contributed by atoms with Gasteiger partial charge in [0.05, 0.1) is 12.5 Å². The van der Waals surface area contributed by atoms with Crippen LogP contribution in [0.15, 0.2) is 0 Å². The molecule has 0 bridgehead atoms. The summed E-state index contributed by atoms with van der Waals surface area (Å²) in [4.78, 5) is 36.1. The van der Waals surface area contributed by atoms with Crippen LogP contribution >= 0.6 is 0 Å². The highest BCUT2D eigenvalue weighted by Crippen LogP contribution is 2.21. The van der Waals surface area contributed by atoms with Crippen molar-refractivity contribution >= 4 is 17.8 Å². The van der Waals surface area contributed by atoms with E-state index in [1.165, 1.54) is 4.90 Å². The largest absolute Gasteiger partial charge is 0.481 e. The van der Waals surface area contributed by atoms with Crippen LogP contribution in [0.25, 0.3) is 0 Å². The van der Waals surface area contributed by atoms with Crippen LogP contribution in [0, 0.1) is 5.41 Å². The molecule has 7 heteroatoms. The first-order valence-corrected chi connectivity index (χ1v) is 6.20. The minimum atomic E-state index is -1.12. The molecule has 2 atom stereocenters. The Hall–Kier alpha value is -1.63. The van der Waals surface area contributed by atoms with E-state index in [1.807, 2.05) is 20.8 Å². The van der Waals surface area contributed by atoms with Gasteiger partial charge in [-0.1, -0.05) is 20.8 Å². The third-order valence-electron chi connectivity index (χ3n) is 3.18. The lowest BCUT2D eigenvalue weighted by molar-refractivity contribution is -0.150. The van der Waals surface area contributed by atoms with Crippen LogP contribution in [0.3, 0.4) is 0 Å². The van der Waals surface area contributed by atoms with Crippen LogP contribution in [-0.2, 0) is 14.4 Å². The Bertz CT molecular complexity index is 389. The summed E-state index contributed by atoms with van der Waals surface area (Å²) in [7, 11) is 0. The first-order valence-electron chi connectivity index (χ1n) is 6.20. The summed E-state index contributed by atoms with van der Waals surface area (Å²) in [6.07, 6.45) is -0.408. The molecule has 7 nitrogen and oxygen atoms in total. The van der Waals surface area contributed by atoms with E-state index in [1.54, 1.807) is 0 Å². The number of carboxylic acid groups (broad SMARTS) is 1. The molecule has 0 saturated carbocycles. The van der Waals surface area contributed by atoms with E-state index < -0.39 is 35.8 Å². The average molecular weight is 271 g/mol. The van der Waals surface area contributed by atoms with Gasteiger partial charge in [0.1, 0.15) is 6.04 Å². The van der Waals surface area contributed by atoms with Crippen LogP contribution in [0.4, 0.5) is 0 Å². The molecule has 19 heavy (non-hydrogen) atoms. The molecule has 1 rings (SSSR count). The van der Waals surface area contributed by atoms with Crippen molar-refractivity contribution < 1.29 is 19.5 Å². The van der Waals surface area contributed by atoms with E-state index in [0.29, 0.717) is 6.54 Å². The second-order valence-electron chi connectivity index (χ2n) is 5.78. The van der Waals surface area contributed by atoms with Gasteiger partial charge in [-0.2, -0.15) is 0 Å². The number of hydrogen-bond acceptors (Lipinski definition) is 4. The Labute approximate surface area is 112 Å². The molecule has 0 radical (unpaired) electrons. The van der Waals surface area contributed by atoms with E-state index in [4.69, 9.17) is 10.8 Å². The zero-order valence-corrected chi connectivity index (χ0v) is 11.5. The number of carbonyl (C=O) groups is 3. The first-order chi connectivity index (χ1) is 8.64. The summed E-state index contributed by atoms with van der Waals surface area (Å²) >= 11 is 0. The number of amides is 2. The molecule has 0 spiro atoms. The Morgan fingerprint density at radius 2 is 2.11 bits per heavy atom. The lowest BCUT2D eigenvalue weighted by Crippen LogP contribution is -2.62. The fourth-order valence-corrected chi connectivity index (χ4v) is 1.90. The van der Waals surface area contributed by atoms with E-state index in [-0.39, 0.29) is 12.5 Å². The molecule has 1 unspecified atom stereocenters. The first kappa shape index (κ1) is 15.4. The molecule has 1 aliphatic rings. The van der Waals surface area contributed by atoms with E-state index in [2.05, 4.69) is 5.32 Å². The molecule has 0 aromatic carbocycles. The van der Waals surface area contributed by atoms with Gasteiger partial charge in [-0.05, 0) is 5.41 Å². The molecule has 4 N–H and O–H groups in total. The quantitative estimate of drug-likeness (QED) is 0.619. The second-order valence-corrected chi connectivity index (χ2v) is 5.78. The van der Waals surface area contributed by atoms with Crippen LogP contribution in [0.1, 0.15) is 27.2 Å². The van der Waals surface area contributed by atoms with Crippen molar-refractivity contribution in [1.82, 2.24) is 10.2 Å². The summed E-state index contributed by atoms with van der Waals surface area (Å²) < 4.78 is 0. The minimum absolute atomic E-state index is 0.284. The Balaban J connectivity index is 2.91. The maximum Gasteiger partial charge on any atom is 0.305 e. The molecular weight excluding hydrogens is 250 g/mol. The van der Waals surface area contributed by atoms with Crippen molar-refractivity contribution in [2.24, 2.45) is 11.1 Å². The van der Waals surface area contributed by atoms with E-state index in [9.17, 15) is 14.4 Å². The lowest BCUT2D eigenvalue weighted by Gasteiger charge is -2.38. The summed E-state index contributed by atoms with van der Waals surface area (Å²) in [6.45, 7) is 6.08. The van der Waals surface area contributed by atoms with Crippen molar-refractivity contribution in [2.75, 3.05) is 13.1 Å². The van der Waals surface area contributed by atoms with Gasteiger partial charge in [0, 0.05) is 13.1 Å². The highest BCUT2D eigenvalue weighted by Gasteiger charge is 2.39. The Morgan fingerprint density at radius 1 is 1.53 bits per heavy atom. The Morgan fingerprint density at radius 3 is 2.58 bits per heavy atom.